The van der Waals surface area contributed by atoms with E-state index in [9.17, 15) is 4.79 Å². The Morgan fingerprint density at radius 2 is 2.00 bits per heavy atom. The van der Waals surface area contributed by atoms with Crippen LogP contribution in [0.2, 0.25) is 0 Å². The zero-order valence-electron chi connectivity index (χ0n) is 11.3. The van der Waals surface area contributed by atoms with E-state index < -0.39 is 0 Å². The molecule has 0 radical (unpaired) electrons. The maximum absolute atomic E-state index is 11.6. The lowest BCUT2D eigenvalue weighted by atomic mass is 9.86. The zero-order chi connectivity index (χ0) is 13.7. The Labute approximate surface area is 114 Å². The predicted octanol–water partition coefficient (Wildman–Crippen LogP) is 1.80. The highest BCUT2D eigenvalue weighted by Gasteiger charge is 2.26. The molecule has 1 aliphatic heterocycles. The lowest BCUT2D eigenvalue weighted by molar-refractivity contribution is -0.125. The molecule has 2 rings (SSSR count). The summed E-state index contributed by atoms with van der Waals surface area (Å²) in [4.78, 5) is 11.6. The standard InChI is InChI=1S/C15H21N3O/c1-11-14(10-17-18-15(11)19)13-7-5-12(6-8-13)4-2-3-9-16/h5-8,10-11,14H,2-4,9,16H2,1H3,(H,18,19). The molecule has 0 bridgehead atoms. The lowest BCUT2D eigenvalue weighted by Gasteiger charge is -2.23. The molecule has 0 aromatic heterocycles. The van der Waals surface area contributed by atoms with Gasteiger partial charge in [0.05, 0.1) is 0 Å². The maximum Gasteiger partial charge on any atom is 0.243 e. The molecule has 1 aromatic rings. The molecule has 4 nitrogen and oxygen atoms in total. The number of unbranched alkanes of at least 4 members (excludes halogenated alkanes) is 1. The van der Waals surface area contributed by atoms with Gasteiger partial charge in [-0.2, -0.15) is 5.10 Å². The van der Waals surface area contributed by atoms with Crippen molar-refractivity contribution < 1.29 is 4.79 Å². The molecule has 0 fully saturated rings. The topological polar surface area (TPSA) is 67.5 Å². The number of hydrogen-bond donors (Lipinski definition) is 2. The number of aryl methyl sites for hydroxylation is 1. The van der Waals surface area contributed by atoms with E-state index >= 15 is 0 Å². The summed E-state index contributed by atoms with van der Waals surface area (Å²) < 4.78 is 0. The number of nitrogens with one attached hydrogen (secondary N) is 1. The van der Waals surface area contributed by atoms with Gasteiger partial charge in [-0.05, 0) is 36.9 Å². The van der Waals surface area contributed by atoms with Crippen LogP contribution >= 0.6 is 0 Å². The van der Waals surface area contributed by atoms with Crippen LogP contribution in [0.25, 0.3) is 0 Å². The van der Waals surface area contributed by atoms with Crippen LogP contribution in [0, 0.1) is 5.92 Å². The van der Waals surface area contributed by atoms with Crippen LogP contribution in [0.5, 0.6) is 0 Å². The second-order valence-electron chi connectivity index (χ2n) is 5.06. The molecule has 19 heavy (non-hydrogen) atoms. The summed E-state index contributed by atoms with van der Waals surface area (Å²) in [5, 5.41) is 3.91. The van der Waals surface area contributed by atoms with E-state index in [0.29, 0.717) is 0 Å². The number of rotatable bonds is 5. The van der Waals surface area contributed by atoms with Gasteiger partial charge >= 0.3 is 0 Å². The molecule has 0 saturated carbocycles. The Morgan fingerprint density at radius 3 is 2.68 bits per heavy atom. The number of carbonyl (C=O) groups is 1. The molecular formula is C15H21N3O. The minimum absolute atomic E-state index is 0.0143. The fourth-order valence-corrected chi connectivity index (χ4v) is 2.33. The highest BCUT2D eigenvalue weighted by atomic mass is 16.2. The number of amides is 1. The quantitative estimate of drug-likeness (QED) is 0.792. The third-order valence-corrected chi connectivity index (χ3v) is 3.65. The number of hydrogen-bond acceptors (Lipinski definition) is 3. The highest BCUT2D eigenvalue weighted by molar-refractivity contribution is 5.88. The van der Waals surface area contributed by atoms with Crippen LogP contribution in [0.4, 0.5) is 0 Å². The second-order valence-corrected chi connectivity index (χ2v) is 5.06. The van der Waals surface area contributed by atoms with Crippen molar-refractivity contribution >= 4 is 12.1 Å². The number of carbonyl (C=O) groups excluding carboxylic acids is 1. The molecule has 1 aromatic carbocycles. The second kappa shape index (κ2) is 6.48. The Morgan fingerprint density at radius 1 is 1.26 bits per heavy atom. The van der Waals surface area contributed by atoms with E-state index in [4.69, 9.17) is 5.73 Å². The van der Waals surface area contributed by atoms with Crippen LogP contribution in [-0.2, 0) is 11.2 Å². The van der Waals surface area contributed by atoms with E-state index in [1.165, 1.54) is 5.56 Å². The predicted molar refractivity (Wildman–Crippen MR) is 77.0 cm³/mol. The van der Waals surface area contributed by atoms with Gasteiger partial charge in [-0.1, -0.05) is 31.2 Å². The molecule has 1 heterocycles. The number of hydrazone groups is 1. The lowest BCUT2D eigenvalue weighted by Crippen LogP contribution is -2.34. The Balaban J connectivity index is 2.03. The molecule has 4 heteroatoms. The van der Waals surface area contributed by atoms with Gasteiger partial charge in [-0.3, -0.25) is 4.79 Å². The van der Waals surface area contributed by atoms with Crippen molar-refractivity contribution in [2.45, 2.75) is 32.1 Å². The molecule has 1 amide bonds. The average Bonchev–Trinajstić information content (AvgIpc) is 2.43. The number of benzene rings is 1. The first-order chi connectivity index (χ1) is 9.22. The van der Waals surface area contributed by atoms with Crippen molar-refractivity contribution in [3.63, 3.8) is 0 Å². The summed E-state index contributed by atoms with van der Waals surface area (Å²) >= 11 is 0. The van der Waals surface area contributed by atoms with Gasteiger partial charge in [0, 0.05) is 18.1 Å². The van der Waals surface area contributed by atoms with Gasteiger partial charge in [0.2, 0.25) is 5.91 Å². The first-order valence-electron chi connectivity index (χ1n) is 6.84. The molecule has 0 aliphatic carbocycles. The number of nitrogens with two attached hydrogens (primary N) is 1. The molecule has 2 unspecified atom stereocenters. The van der Waals surface area contributed by atoms with Crippen LogP contribution in [0.15, 0.2) is 29.4 Å². The summed E-state index contributed by atoms with van der Waals surface area (Å²) in [6.45, 7) is 2.68. The molecule has 102 valence electrons. The Hall–Kier alpha value is -1.68. The highest BCUT2D eigenvalue weighted by Crippen LogP contribution is 2.25. The SMILES string of the molecule is CC1C(=O)NN=CC1c1ccc(CCCCN)cc1. The fraction of sp³-hybridized carbons (Fsp3) is 0.467. The number of nitrogens with zero attached hydrogens (tertiary/aromatic N) is 1. The van der Waals surface area contributed by atoms with E-state index in [-0.39, 0.29) is 17.7 Å². The zero-order valence-corrected chi connectivity index (χ0v) is 11.3. The summed E-state index contributed by atoms with van der Waals surface area (Å²) in [6, 6.07) is 8.48. The summed E-state index contributed by atoms with van der Waals surface area (Å²) in [5.74, 6) is -0.00745. The summed E-state index contributed by atoms with van der Waals surface area (Å²) in [7, 11) is 0. The van der Waals surface area contributed by atoms with Crippen LogP contribution in [0.3, 0.4) is 0 Å². The van der Waals surface area contributed by atoms with Gasteiger partial charge in [0.1, 0.15) is 0 Å². The first-order valence-corrected chi connectivity index (χ1v) is 6.84. The minimum Gasteiger partial charge on any atom is -0.330 e. The van der Waals surface area contributed by atoms with Crippen LogP contribution in [0.1, 0.15) is 36.8 Å². The van der Waals surface area contributed by atoms with Gasteiger partial charge in [-0.25, -0.2) is 5.43 Å². The van der Waals surface area contributed by atoms with Crippen molar-refractivity contribution in [1.29, 1.82) is 0 Å². The molecule has 2 atom stereocenters. The third-order valence-electron chi connectivity index (χ3n) is 3.65. The molecule has 1 aliphatic rings. The van der Waals surface area contributed by atoms with Crippen molar-refractivity contribution in [1.82, 2.24) is 5.43 Å². The first kappa shape index (κ1) is 13.7. The monoisotopic (exact) mass is 259 g/mol. The van der Waals surface area contributed by atoms with Gasteiger partial charge < -0.3 is 5.73 Å². The van der Waals surface area contributed by atoms with E-state index in [0.717, 1.165) is 31.4 Å². The normalized spacial score (nSPS) is 22.3. The van der Waals surface area contributed by atoms with E-state index in [1.807, 2.05) is 13.1 Å². The van der Waals surface area contributed by atoms with Crippen molar-refractivity contribution in [3.05, 3.63) is 35.4 Å². The van der Waals surface area contributed by atoms with Gasteiger partial charge in [0.15, 0.2) is 0 Å². The Bertz CT molecular complexity index is 453. The van der Waals surface area contributed by atoms with Crippen LogP contribution < -0.4 is 11.2 Å². The maximum atomic E-state index is 11.6. The summed E-state index contributed by atoms with van der Waals surface area (Å²) in [5.41, 5.74) is 10.5. The largest absolute Gasteiger partial charge is 0.330 e. The molecule has 0 spiro atoms. The van der Waals surface area contributed by atoms with Gasteiger partial charge in [-0.15, -0.1) is 0 Å². The van der Waals surface area contributed by atoms with E-state index in [2.05, 4.69) is 34.8 Å². The summed E-state index contributed by atoms with van der Waals surface area (Å²) in [6.07, 6.45) is 5.07. The van der Waals surface area contributed by atoms with Gasteiger partial charge in [0.25, 0.3) is 0 Å². The average molecular weight is 259 g/mol. The van der Waals surface area contributed by atoms with Crippen LogP contribution in [-0.4, -0.2) is 18.7 Å². The minimum atomic E-state index is -0.0689. The van der Waals surface area contributed by atoms with Crippen molar-refractivity contribution in [2.75, 3.05) is 6.54 Å². The van der Waals surface area contributed by atoms with E-state index in [1.54, 1.807) is 0 Å². The Kier molecular flexibility index (Phi) is 4.68. The molecule has 3 N–H and O–H groups in total. The molecule has 0 saturated heterocycles. The van der Waals surface area contributed by atoms with Crippen molar-refractivity contribution in [2.24, 2.45) is 16.8 Å². The smallest absolute Gasteiger partial charge is 0.243 e. The fourth-order valence-electron chi connectivity index (χ4n) is 2.33. The van der Waals surface area contributed by atoms with Crippen molar-refractivity contribution in [3.8, 4) is 0 Å². The molecular weight excluding hydrogens is 238 g/mol. The third kappa shape index (κ3) is 3.41.